The molecule has 1 nitrogen and oxygen atoms in total. The molecule has 0 aromatic heterocycles. The summed E-state index contributed by atoms with van der Waals surface area (Å²) in [4.78, 5) is 0. The van der Waals surface area contributed by atoms with Gasteiger partial charge in [0.2, 0.25) is 0 Å². The first kappa shape index (κ1) is 9.25. The lowest BCUT2D eigenvalue weighted by Crippen LogP contribution is -2.38. The SMILES string of the molecule is CC(C)C1CC(N)C1.Cl. The third kappa shape index (κ3) is 2.15. The van der Waals surface area contributed by atoms with E-state index in [0.29, 0.717) is 6.04 Å². The van der Waals surface area contributed by atoms with E-state index < -0.39 is 0 Å². The molecule has 0 spiro atoms. The Bertz CT molecular complexity index is 77.0. The predicted octanol–water partition coefficient (Wildman–Crippen LogP) is 1.80. The smallest absolute Gasteiger partial charge is 0.00443 e. The maximum Gasteiger partial charge on any atom is 0.00443 e. The van der Waals surface area contributed by atoms with Crippen LogP contribution in [0.4, 0.5) is 0 Å². The van der Waals surface area contributed by atoms with E-state index in [0.717, 1.165) is 11.8 Å². The van der Waals surface area contributed by atoms with E-state index in [1.54, 1.807) is 0 Å². The highest BCUT2D eigenvalue weighted by molar-refractivity contribution is 5.85. The summed E-state index contributed by atoms with van der Waals surface area (Å²) >= 11 is 0. The zero-order chi connectivity index (χ0) is 6.15. The van der Waals surface area contributed by atoms with Gasteiger partial charge < -0.3 is 5.73 Å². The lowest BCUT2D eigenvalue weighted by atomic mass is 9.74. The first-order valence-corrected chi connectivity index (χ1v) is 3.45. The molecule has 0 aliphatic heterocycles. The van der Waals surface area contributed by atoms with Crippen LogP contribution >= 0.6 is 12.4 Å². The van der Waals surface area contributed by atoms with Crippen molar-refractivity contribution in [1.82, 2.24) is 0 Å². The van der Waals surface area contributed by atoms with Gasteiger partial charge in [-0.1, -0.05) is 13.8 Å². The molecule has 1 rings (SSSR count). The third-order valence-corrected chi connectivity index (χ3v) is 2.15. The van der Waals surface area contributed by atoms with Gasteiger partial charge in [0.15, 0.2) is 0 Å². The summed E-state index contributed by atoms with van der Waals surface area (Å²) in [6.45, 7) is 4.55. The van der Waals surface area contributed by atoms with Gasteiger partial charge in [-0.3, -0.25) is 0 Å². The van der Waals surface area contributed by atoms with Gasteiger partial charge in [0, 0.05) is 6.04 Å². The van der Waals surface area contributed by atoms with Crippen LogP contribution in [0.25, 0.3) is 0 Å². The molecule has 0 heterocycles. The summed E-state index contributed by atoms with van der Waals surface area (Å²) in [7, 11) is 0. The van der Waals surface area contributed by atoms with Crippen LogP contribution in [0.5, 0.6) is 0 Å². The molecule has 0 amide bonds. The Kier molecular flexibility index (Phi) is 3.52. The van der Waals surface area contributed by atoms with Gasteiger partial charge in [0.25, 0.3) is 0 Å². The standard InChI is InChI=1S/C7H15N.ClH/c1-5(2)6-3-7(8)4-6;/h5-7H,3-4,8H2,1-2H3;1H. The van der Waals surface area contributed by atoms with Crippen LogP contribution in [0.15, 0.2) is 0 Å². The zero-order valence-electron chi connectivity index (χ0n) is 6.13. The molecule has 1 fully saturated rings. The Hall–Kier alpha value is 0.250. The van der Waals surface area contributed by atoms with Gasteiger partial charge in [-0.15, -0.1) is 12.4 Å². The van der Waals surface area contributed by atoms with Crippen molar-refractivity contribution in [3.63, 3.8) is 0 Å². The van der Waals surface area contributed by atoms with Crippen molar-refractivity contribution in [1.29, 1.82) is 0 Å². The molecule has 2 heteroatoms. The molecule has 0 bridgehead atoms. The zero-order valence-corrected chi connectivity index (χ0v) is 6.95. The molecule has 1 saturated carbocycles. The minimum absolute atomic E-state index is 0. The first-order valence-electron chi connectivity index (χ1n) is 3.45. The van der Waals surface area contributed by atoms with E-state index in [-0.39, 0.29) is 12.4 Å². The van der Waals surface area contributed by atoms with Crippen LogP contribution in [0.3, 0.4) is 0 Å². The normalized spacial score (nSPS) is 33.3. The lowest BCUT2D eigenvalue weighted by molar-refractivity contribution is 0.199. The monoisotopic (exact) mass is 149 g/mol. The molecule has 1 aliphatic rings. The second kappa shape index (κ2) is 3.43. The van der Waals surface area contributed by atoms with Crippen molar-refractivity contribution >= 4 is 12.4 Å². The molecular weight excluding hydrogens is 134 g/mol. The largest absolute Gasteiger partial charge is 0.328 e. The van der Waals surface area contributed by atoms with Crippen LogP contribution in [0, 0.1) is 11.8 Å². The molecule has 0 saturated heterocycles. The van der Waals surface area contributed by atoms with Crippen molar-refractivity contribution in [3.8, 4) is 0 Å². The third-order valence-electron chi connectivity index (χ3n) is 2.15. The van der Waals surface area contributed by atoms with E-state index >= 15 is 0 Å². The van der Waals surface area contributed by atoms with Crippen LogP contribution in [0.2, 0.25) is 0 Å². The Morgan fingerprint density at radius 1 is 1.33 bits per heavy atom. The predicted molar refractivity (Wildman–Crippen MR) is 42.8 cm³/mol. The fourth-order valence-corrected chi connectivity index (χ4v) is 1.25. The van der Waals surface area contributed by atoms with Gasteiger partial charge >= 0.3 is 0 Å². The summed E-state index contributed by atoms with van der Waals surface area (Å²) in [5.41, 5.74) is 5.61. The van der Waals surface area contributed by atoms with Crippen molar-refractivity contribution in [2.75, 3.05) is 0 Å². The summed E-state index contributed by atoms with van der Waals surface area (Å²) in [5, 5.41) is 0. The minimum Gasteiger partial charge on any atom is -0.328 e. The highest BCUT2D eigenvalue weighted by atomic mass is 35.5. The summed E-state index contributed by atoms with van der Waals surface area (Å²) < 4.78 is 0. The van der Waals surface area contributed by atoms with Crippen LogP contribution in [-0.4, -0.2) is 6.04 Å². The van der Waals surface area contributed by atoms with Gasteiger partial charge in [-0.05, 0) is 24.7 Å². The average Bonchev–Trinajstić information content (AvgIpc) is 1.57. The number of hydrogen-bond acceptors (Lipinski definition) is 1. The lowest BCUT2D eigenvalue weighted by Gasteiger charge is -2.35. The molecule has 0 radical (unpaired) electrons. The summed E-state index contributed by atoms with van der Waals surface area (Å²) in [6.07, 6.45) is 2.52. The van der Waals surface area contributed by atoms with Gasteiger partial charge in [0.05, 0.1) is 0 Å². The van der Waals surface area contributed by atoms with Crippen LogP contribution < -0.4 is 5.73 Å². The van der Waals surface area contributed by atoms with Crippen molar-refractivity contribution < 1.29 is 0 Å². The number of rotatable bonds is 1. The molecule has 0 aromatic rings. The average molecular weight is 150 g/mol. The second-order valence-electron chi connectivity index (χ2n) is 3.24. The van der Waals surface area contributed by atoms with Gasteiger partial charge in [-0.2, -0.15) is 0 Å². The fraction of sp³-hybridized carbons (Fsp3) is 1.00. The molecule has 2 N–H and O–H groups in total. The van der Waals surface area contributed by atoms with Crippen molar-refractivity contribution in [3.05, 3.63) is 0 Å². The molecule has 0 aromatic carbocycles. The molecule has 9 heavy (non-hydrogen) atoms. The first-order chi connectivity index (χ1) is 3.70. The van der Waals surface area contributed by atoms with Gasteiger partial charge in [-0.25, -0.2) is 0 Å². The Morgan fingerprint density at radius 2 is 1.78 bits per heavy atom. The Balaban J connectivity index is 0.000000640. The van der Waals surface area contributed by atoms with E-state index in [9.17, 15) is 0 Å². The minimum atomic E-state index is 0. The van der Waals surface area contributed by atoms with E-state index in [1.807, 2.05) is 0 Å². The number of hydrogen-bond donors (Lipinski definition) is 1. The quantitative estimate of drug-likeness (QED) is 0.605. The summed E-state index contributed by atoms with van der Waals surface area (Å²) in [5.74, 6) is 1.79. The van der Waals surface area contributed by atoms with E-state index in [2.05, 4.69) is 13.8 Å². The summed E-state index contributed by atoms with van der Waals surface area (Å²) in [6, 6.07) is 0.530. The van der Waals surface area contributed by atoms with Gasteiger partial charge in [0.1, 0.15) is 0 Å². The maximum atomic E-state index is 5.61. The Labute approximate surface area is 63.4 Å². The Morgan fingerprint density at radius 3 is 1.89 bits per heavy atom. The topological polar surface area (TPSA) is 26.0 Å². The second-order valence-corrected chi connectivity index (χ2v) is 3.24. The molecule has 56 valence electrons. The van der Waals surface area contributed by atoms with Crippen molar-refractivity contribution in [2.24, 2.45) is 17.6 Å². The fourth-order valence-electron chi connectivity index (χ4n) is 1.25. The highest BCUT2D eigenvalue weighted by Gasteiger charge is 2.27. The van der Waals surface area contributed by atoms with Crippen molar-refractivity contribution in [2.45, 2.75) is 32.7 Å². The van der Waals surface area contributed by atoms with Crippen LogP contribution in [0.1, 0.15) is 26.7 Å². The molecule has 1 aliphatic carbocycles. The molecule has 0 atom stereocenters. The van der Waals surface area contributed by atoms with E-state index in [1.165, 1.54) is 12.8 Å². The van der Waals surface area contributed by atoms with E-state index in [4.69, 9.17) is 5.73 Å². The number of halogens is 1. The molecular formula is C7H16ClN. The number of nitrogens with two attached hydrogens (primary N) is 1. The van der Waals surface area contributed by atoms with Crippen LogP contribution in [-0.2, 0) is 0 Å². The highest BCUT2D eigenvalue weighted by Crippen LogP contribution is 2.31. The molecule has 0 unspecified atom stereocenters. The maximum absolute atomic E-state index is 5.61.